The number of benzene rings is 1. The molecular formula is C18H19N3O4S. The molecule has 3 rings (SSSR count). The maximum atomic E-state index is 12.4. The molecule has 0 saturated carbocycles. The Morgan fingerprint density at radius 3 is 2.65 bits per heavy atom. The quantitative estimate of drug-likeness (QED) is 0.475. The van der Waals surface area contributed by atoms with E-state index in [1.807, 2.05) is 0 Å². The number of anilines is 1. The van der Waals surface area contributed by atoms with Gasteiger partial charge >= 0.3 is 0 Å². The number of amides is 2. The third-order valence-electron chi connectivity index (χ3n) is 4.46. The zero-order valence-corrected chi connectivity index (χ0v) is 14.9. The van der Waals surface area contributed by atoms with Crippen LogP contribution in [-0.4, -0.2) is 16.7 Å². The number of primary amides is 1. The van der Waals surface area contributed by atoms with Gasteiger partial charge in [0.15, 0.2) is 0 Å². The third kappa shape index (κ3) is 3.75. The van der Waals surface area contributed by atoms with E-state index in [1.54, 1.807) is 18.2 Å². The van der Waals surface area contributed by atoms with Crippen LogP contribution in [0.2, 0.25) is 0 Å². The summed E-state index contributed by atoms with van der Waals surface area (Å²) in [6, 6.07) is 6.12. The van der Waals surface area contributed by atoms with Crippen molar-refractivity contribution < 1.29 is 14.5 Å². The zero-order valence-electron chi connectivity index (χ0n) is 14.1. The normalized spacial score (nSPS) is 13.5. The summed E-state index contributed by atoms with van der Waals surface area (Å²) in [5.74, 6) is -0.955. The lowest BCUT2D eigenvalue weighted by molar-refractivity contribution is -0.385. The predicted molar refractivity (Wildman–Crippen MR) is 99.5 cm³/mol. The number of thiophene rings is 1. The van der Waals surface area contributed by atoms with Crippen LogP contribution in [0.5, 0.6) is 0 Å². The molecule has 0 atom stereocenters. The Morgan fingerprint density at radius 2 is 1.92 bits per heavy atom. The molecule has 8 heteroatoms. The van der Waals surface area contributed by atoms with Gasteiger partial charge in [-0.1, -0.05) is 24.6 Å². The largest absolute Gasteiger partial charge is 0.365 e. The monoisotopic (exact) mass is 373 g/mol. The van der Waals surface area contributed by atoms with Crippen molar-refractivity contribution >= 4 is 33.8 Å². The molecule has 0 unspecified atom stereocenters. The number of hydrogen-bond donors (Lipinski definition) is 2. The molecule has 1 aromatic carbocycles. The lowest BCUT2D eigenvalue weighted by Gasteiger charge is -2.07. The minimum atomic E-state index is -0.551. The standard InChI is InChI=1S/C18H19N3O4S/c19-17(23)16-12-7-2-1-3-9-14(12)26-18(16)20-15(22)10-11-6-4-5-8-13(11)21(24)25/h4-6,8H,1-3,7,9-10H2,(H2,19,23)(H,20,22). The minimum absolute atomic E-state index is 0.0975. The summed E-state index contributed by atoms with van der Waals surface area (Å²) in [5, 5.41) is 14.3. The third-order valence-corrected chi connectivity index (χ3v) is 5.67. The van der Waals surface area contributed by atoms with Crippen LogP contribution in [0.25, 0.3) is 0 Å². The van der Waals surface area contributed by atoms with Gasteiger partial charge in [-0.2, -0.15) is 0 Å². The molecule has 7 nitrogen and oxygen atoms in total. The van der Waals surface area contributed by atoms with Crippen LogP contribution in [0.4, 0.5) is 10.7 Å². The summed E-state index contributed by atoms with van der Waals surface area (Å²) in [6.45, 7) is 0. The molecule has 1 aliphatic rings. The van der Waals surface area contributed by atoms with Gasteiger partial charge in [0.25, 0.3) is 11.6 Å². The molecule has 0 bridgehead atoms. The number of nitrogens with two attached hydrogens (primary N) is 1. The molecule has 1 heterocycles. The van der Waals surface area contributed by atoms with Crippen LogP contribution in [0.1, 0.15) is 45.6 Å². The predicted octanol–water partition coefficient (Wildman–Crippen LogP) is 3.21. The number of fused-ring (bicyclic) bond motifs is 1. The summed E-state index contributed by atoms with van der Waals surface area (Å²) in [5.41, 5.74) is 7.12. The van der Waals surface area contributed by atoms with E-state index in [0.29, 0.717) is 16.1 Å². The van der Waals surface area contributed by atoms with Crippen LogP contribution in [0.3, 0.4) is 0 Å². The Hall–Kier alpha value is -2.74. The van der Waals surface area contributed by atoms with Gasteiger partial charge in [-0.15, -0.1) is 11.3 Å². The Bertz CT molecular complexity index is 875. The second kappa shape index (κ2) is 7.65. The summed E-state index contributed by atoms with van der Waals surface area (Å²) >= 11 is 1.39. The molecule has 0 radical (unpaired) electrons. The first-order valence-electron chi connectivity index (χ1n) is 8.44. The van der Waals surface area contributed by atoms with Crippen LogP contribution in [-0.2, 0) is 24.1 Å². The number of nitrogens with zero attached hydrogens (tertiary/aromatic N) is 1. The summed E-state index contributed by atoms with van der Waals surface area (Å²) in [7, 11) is 0. The molecule has 26 heavy (non-hydrogen) atoms. The van der Waals surface area contributed by atoms with E-state index in [4.69, 9.17) is 5.73 Å². The van der Waals surface area contributed by atoms with E-state index >= 15 is 0 Å². The molecule has 1 aliphatic carbocycles. The highest BCUT2D eigenvalue weighted by Gasteiger charge is 2.25. The number of nitro groups is 1. The number of aryl methyl sites for hydroxylation is 1. The number of para-hydroxylation sites is 1. The highest BCUT2D eigenvalue weighted by atomic mass is 32.1. The lowest BCUT2D eigenvalue weighted by Crippen LogP contribution is -2.19. The smallest absolute Gasteiger partial charge is 0.273 e. The number of carbonyl (C=O) groups excluding carboxylic acids is 2. The van der Waals surface area contributed by atoms with Crippen molar-refractivity contribution in [2.45, 2.75) is 38.5 Å². The molecule has 136 valence electrons. The maximum Gasteiger partial charge on any atom is 0.273 e. The second-order valence-electron chi connectivity index (χ2n) is 6.24. The highest BCUT2D eigenvalue weighted by molar-refractivity contribution is 7.17. The average Bonchev–Trinajstić information content (AvgIpc) is 2.76. The molecule has 0 fully saturated rings. The second-order valence-corrected chi connectivity index (χ2v) is 7.35. The van der Waals surface area contributed by atoms with Gasteiger partial charge in [0.2, 0.25) is 5.91 Å². The van der Waals surface area contributed by atoms with Gasteiger partial charge in [-0.25, -0.2) is 0 Å². The summed E-state index contributed by atoms with van der Waals surface area (Å²) in [6.07, 6.45) is 4.67. The zero-order chi connectivity index (χ0) is 18.7. The first-order valence-corrected chi connectivity index (χ1v) is 9.25. The van der Waals surface area contributed by atoms with Gasteiger partial charge in [0.05, 0.1) is 16.9 Å². The van der Waals surface area contributed by atoms with E-state index in [9.17, 15) is 19.7 Å². The van der Waals surface area contributed by atoms with Gasteiger partial charge < -0.3 is 11.1 Å². The van der Waals surface area contributed by atoms with Crippen LogP contribution >= 0.6 is 11.3 Å². The van der Waals surface area contributed by atoms with Crippen molar-refractivity contribution in [1.82, 2.24) is 0 Å². The maximum absolute atomic E-state index is 12.4. The SMILES string of the molecule is NC(=O)c1c(NC(=O)Cc2ccccc2[N+](=O)[O-])sc2c1CCCCC2. The number of nitro benzene ring substituents is 1. The van der Waals surface area contributed by atoms with E-state index in [0.717, 1.165) is 42.5 Å². The minimum Gasteiger partial charge on any atom is -0.365 e. The van der Waals surface area contributed by atoms with Crippen molar-refractivity contribution in [2.75, 3.05) is 5.32 Å². The van der Waals surface area contributed by atoms with Crippen LogP contribution < -0.4 is 11.1 Å². The van der Waals surface area contributed by atoms with E-state index in [-0.39, 0.29) is 12.1 Å². The summed E-state index contributed by atoms with van der Waals surface area (Å²) in [4.78, 5) is 36.0. The van der Waals surface area contributed by atoms with Crippen molar-refractivity contribution in [3.63, 3.8) is 0 Å². The Kier molecular flexibility index (Phi) is 5.32. The fraction of sp³-hybridized carbons (Fsp3) is 0.333. The fourth-order valence-electron chi connectivity index (χ4n) is 3.27. The van der Waals surface area contributed by atoms with Crippen molar-refractivity contribution in [2.24, 2.45) is 5.73 Å². The lowest BCUT2D eigenvalue weighted by atomic mass is 10.0. The van der Waals surface area contributed by atoms with E-state index in [2.05, 4.69) is 5.32 Å². The number of hydrogen-bond acceptors (Lipinski definition) is 5. The first kappa shape index (κ1) is 18.1. The molecular weight excluding hydrogens is 354 g/mol. The fourth-order valence-corrected chi connectivity index (χ4v) is 4.58. The molecule has 0 saturated heterocycles. The summed E-state index contributed by atoms with van der Waals surface area (Å²) < 4.78 is 0. The van der Waals surface area contributed by atoms with Crippen molar-refractivity contribution in [3.05, 3.63) is 55.9 Å². The van der Waals surface area contributed by atoms with Gasteiger partial charge in [-0.3, -0.25) is 19.7 Å². The van der Waals surface area contributed by atoms with Crippen molar-refractivity contribution in [3.8, 4) is 0 Å². The van der Waals surface area contributed by atoms with E-state index < -0.39 is 16.7 Å². The first-order chi connectivity index (χ1) is 12.5. The molecule has 0 aliphatic heterocycles. The molecule has 0 spiro atoms. The molecule has 3 N–H and O–H groups in total. The van der Waals surface area contributed by atoms with Gasteiger partial charge in [0.1, 0.15) is 5.00 Å². The number of rotatable bonds is 5. The highest BCUT2D eigenvalue weighted by Crippen LogP contribution is 2.37. The van der Waals surface area contributed by atoms with Crippen LogP contribution in [0.15, 0.2) is 24.3 Å². The van der Waals surface area contributed by atoms with Gasteiger partial charge in [0, 0.05) is 16.5 Å². The van der Waals surface area contributed by atoms with Crippen LogP contribution in [0, 0.1) is 10.1 Å². The molecule has 2 aromatic rings. The topological polar surface area (TPSA) is 115 Å². The number of carbonyl (C=O) groups is 2. The average molecular weight is 373 g/mol. The molecule has 1 aromatic heterocycles. The van der Waals surface area contributed by atoms with Crippen molar-refractivity contribution in [1.29, 1.82) is 0 Å². The van der Waals surface area contributed by atoms with E-state index in [1.165, 1.54) is 17.4 Å². The molecule has 2 amide bonds. The Balaban J connectivity index is 1.84. The number of nitrogens with one attached hydrogen (secondary N) is 1. The Morgan fingerprint density at radius 1 is 1.19 bits per heavy atom. The Labute approximate surface area is 154 Å². The van der Waals surface area contributed by atoms with Gasteiger partial charge in [-0.05, 0) is 31.2 Å².